The average Bonchev–Trinajstić information content (AvgIpc) is 2.97. The third kappa shape index (κ3) is 3.69. The first-order chi connectivity index (χ1) is 10.0. The van der Waals surface area contributed by atoms with Crippen molar-refractivity contribution in [3.05, 3.63) is 29.3 Å². The minimum atomic E-state index is 0.176. The summed E-state index contributed by atoms with van der Waals surface area (Å²) in [5.74, 6) is 0.810. The van der Waals surface area contributed by atoms with Gasteiger partial charge in [-0.15, -0.1) is 0 Å². The van der Waals surface area contributed by atoms with E-state index in [2.05, 4.69) is 36.0 Å². The predicted octanol–water partition coefficient (Wildman–Crippen LogP) is 3.49. The molecule has 1 saturated carbocycles. The number of oxime groups is 1. The van der Waals surface area contributed by atoms with Crippen LogP contribution in [-0.4, -0.2) is 23.6 Å². The van der Waals surface area contributed by atoms with Gasteiger partial charge in [-0.1, -0.05) is 31.8 Å². The Hall–Kier alpha value is -1.71. The third-order valence-electron chi connectivity index (χ3n) is 4.25. The molecular formula is C17H27N3O. The molecule has 1 aliphatic rings. The van der Waals surface area contributed by atoms with Gasteiger partial charge in [-0.2, -0.15) is 0 Å². The molecule has 4 nitrogen and oxygen atoms in total. The molecule has 4 heteroatoms. The zero-order valence-corrected chi connectivity index (χ0v) is 13.3. The van der Waals surface area contributed by atoms with Crippen molar-refractivity contribution >= 4 is 11.5 Å². The molecule has 0 heterocycles. The molecule has 0 amide bonds. The zero-order valence-electron chi connectivity index (χ0n) is 13.3. The van der Waals surface area contributed by atoms with Crippen LogP contribution < -0.4 is 10.6 Å². The van der Waals surface area contributed by atoms with Gasteiger partial charge in [0.1, 0.15) is 0 Å². The van der Waals surface area contributed by atoms with Crippen molar-refractivity contribution in [1.29, 1.82) is 0 Å². The minimum Gasteiger partial charge on any atom is -0.409 e. The number of benzene rings is 1. The first-order valence-electron chi connectivity index (χ1n) is 7.88. The van der Waals surface area contributed by atoms with Crippen LogP contribution in [0, 0.1) is 12.8 Å². The molecule has 0 aromatic heterocycles. The summed E-state index contributed by atoms with van der Waals surface area (Å²) in [6.07, 6.45) is 5.24. The molecule has 1 aromatic rings. The van der Waals surface area contributed by atoms with E-state index in [1.807, 2.05) is 13.0 Å². The van der Waals surface area contributed by atoms with Crippen molar-refractivity contribution in [3.63, 3.8) is 0 Å². The van der Waals surface area contributed by atoms with Gasteiger partial charge in [0, 0.05) is 23.8 Å². The van der Waals surface area contributed by atoms with Crippen LogP contribution in [0.2, 0.25) is 0 Å². The summed E-state index contributed by atoms with van der Waals surface area (Å²) in [6, 6.07) is 6.87. The van der Waals surface area contributed by atoms with E-state index in [0.29, 0.717) is 12.0 Å². The fraction of sp³-hybridized carbons (Fsp3) is 0.588. The molecule has 2 rings (SSSR count). The maximum atomic E-state index is 8.84. The topological polar surface area (TPSA) is 61.8 Å². The Morgan fingerprint density at radius 1 is 1.38 bits per heavy atom. The monoisotopic (exact) mass is 289 g/mol. The summed E-state index contributed by atoms with van der Waals surface area (Å²) in [5.41, 5.74) is 8.82. The number of rotatable bonds is 5. The van der Waals surface area contributed by atoms with Crippen molar-refractivity contribution in [2.45, 2.75) is 52.5 Å². The molecule has 0 aliphatic heterocycles. The smallest absolute Gasteiger partial charge is 0.170 e. The SMILES string of the molecule is Cc1cc(N(CC(C)C)C2CCCC2)ccc1/C(N)=N/O. The first-order valence-corrected chi connectivity index (χ1v) is 7.88. The average molecular weight is 289 g/mol. The Balaban J connectivity index is 2.29. The van der Waals surface area contributed by atoms with Crippen LogP contribution >= 0.6 is 0 Å². The van der Waals surface area contributed by atoms with Crippen molar-refractivity contribution < 1.29 is 5.21 Å². The number of nitrogens with zero attached hydrogens (tertiary/aromatic N) is 2. The van der Waals surface area contributed by atoms with Gasteiger partial charge in [0.2, 0.25) is 0 Å². The standard InChI is InChI=1S/C17H27N3O/c1-12(2)11-20(14-6-4-5-7-14)15-8-9-16(13(3)10-15)17(18)19-21/h8-10,12,14,21H,4-7,11H2,1-3H3,(H2,18,19). The molecular weight excluding hydrogens is 262 g/mol. The zero-order chi connectivity index (χ0) is 15.4. The van der Waals surface area contributed by atoms with Crippen LogP contribution in [0.1, 0.15) is 50.7 Å². The first kappa shape index (κ1) is 15.7. The fourth-order valence-corrected chi connectivity index (χ4v) is 3.24. The lowest BCUT2D eigenvalue weighted by Gasteiger charge is -2.33. The van der Waals surface area contributed by atoms with Gasteiger partial charge in [0.15, 0.2) is 5.84 Å². The number of aryl methyl sites for hydroxylation is 1. The van der Waals surface area contributed by atoms with Crippen LogP contribution in [0.25, 0.3) is 0 Å². The van der Waals surface area contributed by atoms with Gasteiger partial charge in [-0.05, 0) is 49.4 Å². The lowest BCUT2D eigenvalue weighted by molar-refractivity contribution is 0.318. The summed E-state index contributed by atoms with van der Waals surface area (Å²) in [5, 5.41) is 11.9. The lowest BCUT2D eigenvalue weighted by Crippen LogP contribution is -2.36. The number of hydrogen-bond acceptors (Lipinski definition) is 3. The molecule has 21 heavy (non-hydrogen) atoms. The van der Waals surface area contributed by atoms with Crippen LogP contribution in [0.3, 0.4) is 0 Å². The molecule has 0 unspecified atom stereocenters. The predicted molar refractivity (Wildman–Crippen MR) is 88.1 cm³/mol. The highest BCUT2D eigenvalue weighted by atomic mass is 16.4. The highest BCUT2D eigenvalue weighted by Gasteiger charge is 2.23. The van der Waals surface area contributed by atoms with E-state index < -0.39 is 0 Å². The van der Waals surface area contributed by atoms with E-state index in [0.717, 1.165) is 17.7 Å². The summed E-state index contributed by atoms with van der Waals surface area (Å²) in [4.78, 5) is 2.54. The molecule has 1 aliphatic carbocycles. The molecule has 1 fully saturated rings. The lowest BCUT2D eigenvalue weighted by atomic mass is 10.0. The number of hydrogen-bond donors (Lipinski definition) is 2. The van der Waals surface area contributed by atoms with E-state index in [9.17, 15) is 0 Å². The molecule has 0 spiro atoms. The van der Waals surface area contributed by atoms with Crippen LogP contribution in [-0.2, 0) is 0 Å². The summed E-state index contributed by atoms with van der Waals surface area (Å²) < 4.78 is 0. The summed E-state index contributed by atoms with van der Waals surface area (Å²) in [6.45, 7) is 7.62. The minimum absolute atomic E-state index is 0.176. The van der Waals surface area contributed by atoms with Crippen LogP contribution in [0.5, 0.6) is 0 Å². The highest BCUT2D eigenvalue weighted by Crippen LogP contribution is 2.30. The third-order valence-corrected chi connectivity index (χ3v) is 4.25. The quantitative estimate of drug-likeness (QED) is 0.377. The second kappa shape index (κ2) is 6.83. The van der Waals surface area contributed by atoms with E-state index in [4.69, 9.17) is 10.9 Å². The Morgan fingerprint density at radius 2 is 2.05 bits per heavy atom. The second-order valence-corrected chi connectivity index (χ2v) is 6.47. The molecule has 1 aromatic carbocycles. The molecule has 0 bridgehead atoms. The van der Waals surface area contributed by atoms with Gasteiger partial charge in [0.05, 0.1) is 0 Å². The largest absolute Gasteiger partial charge is 0.409 e. The Kier molecular flexibility index (Phi) is 5.10. The van der Waals surface area contributed by atoms with Crippen molar-refractivity contribution in [2.75, 3.05) is 11.4 Å². The molecule has 3 N–H and O–H groups in total. The Bertz CT molecular complexity index is 505. The number of anilines is 1. The van der Waals surface area contributed by atoms with E-state index in [1.54, 1.807) is 0 Å². The fourth-order valence-electron chi connectivity index (χ4n) is 3.24. The summed E-state index contributed by atoms with van der Waals surface area (Å²) >= 11 is 0. The van der Waals surface area contributed by atoms with Gasteiger partial charge < -0.3 is 15.8 Å². The van der Waals surface area contributed by atoms with Gasteiger partial charge in [-0.25, -0.2) is 0 Å². The Labute approximate surface area is 127 Å². The van der Waals surface area contributed by atoms with Crippen molar-refractivity contribution in [1.82, 2.24) is 0 Å². The Morgan fingerprint density at radius 3 is 2.57 bits per heavy atom. The number of nitrogens with two attached hydrogens (primary N) is 1. The maximum Gasteiger partial charge on any atom is 0.170 e. The van der Waals surface area contributed by atoms with E-state index >= 15 is 0 Å². The molecule has 0 radical (unpaired) electrons. The molecule has 116 valence electrons. The van der Waals surface area contributed by atoms with E-state index in [1.165, 1.54) is 31.4 Å². The maximum absolute atomic E-state index is 8.84. The molecule has 0 atom stereocenters. The van der Waals surface area contributed by atoms with Crippen molar-refractivity contribution in [2.24, 2.45) is 16.8 Å². The van der Waals surface area contributed by atoms with E-state index in [-0.39, 0.29) is 5.84 Å². The normalized spacial score (nSPS) is 16.7. The van der Waals surface area contributed by atoms with Gasteiger partial charge >= 0.3 is 0 Å². The van der Waals surface area contributed by atoms with Crippen molar-refractivity contribution in [3.8, 4) is 0 Å². The molecule has 0 saturated heterocycles. The van der Waals surface area contributed by atoms with Gasteiger partial charge in [-0.3, -0.25) is 0 Å². The second-order valence-electron chi connectivity index (χ2n) is 6.47. The number of amidine groups is 1. The summed E-state index contributed by atoms with van der Waals surface area (Å²) in [7, 11) is 0. The van der Waals surface area contributed by atoms with Crippen LogP contribution in [0.15, 0.2) is 23.4 Å². The van der Waals surface area contributed by atoms with Gasteiger partial charge in [0.25, 0.3) is 0 Å². The highest BCUT2D eigenvalue weighted by molar-refractivity contribution is 5.98. The van der Waals surface area contributed by atoms with Crippen LogP contribution in [0.4, 0.5) is 5.69 Å².